The number of amides is 1. The molecule has 1 fully saturated rings. The maximum absolute atomic E-state index is 11.8. The Morgan fingerprint density at radius 1 is 1.32 bits per heavy atom. The number of benzene rings is 1. The molecule has 1 aliphatic heterocycles. The molecule has 1 heterocycles. The van der Waals surface area contributed by atoms with Gasteiger partial charge in [-0.25, -0.2) is 9.59 Å². The molecule has 1 aliphatic rings. The van der Waals surface area contributed by atoms with Crippen LogP contribution in [0.3, 0.4) is 0 Å². The largest absolute Gasteiger partial charge is 0.480 e. The molecule has 2 atom stereocenters. The Morgan fingerprint density at radius 2 is 2.00 bits per heavy atom. The van der Waals surface area contributed by atoms with Crippen LogP contribution in [0.25, 0.3) is 0 Å². The van der Waals surface area contributed by atoms with Gasteiger partial charge in [0.15, 0.2) is 6.04 Å². The molecule has 1 aromatic carbocycles. The van der Waals surface area contributed by atoms with Gasteiger partial charge in [0.25, 0.3) is 0 Å². The molecule has 6 nitrogen and oxygen atoms in total. The molecule has 0 aliphatic carbocycles. The molecule has 0 spiro atoms. The van der Waals surface area contributed by atoms with E-state index >= 15 is 0 Å². The molecule has 6 heteroatoms. The Kier molecular flexibility index (Phi) is 4.01. The van der Waals surface area contributed by atoms with Crippen molar-refractivity contribution in [1.29, 1.82) is 0 Å². The minimum Gasteiger partial charge on any atom is -0.480 e. The maximum Gasteiger partial charge on any atom is 0.410 e. The van der Waals surface area contributed by atoms with Crippen LogP contribution in [0.5, 0.6) is 0 Å². The molecule has 0 saturated carbocycles. The molecule has 1 unspecified atom stereocenters. The Morgan fingerprint density at radius 3 is 2.63 bits per heavy atom. The van der Waals surface area contributed by atoms with Crippen LogP contribution in [0.4, 0.5) is 4.79 Å². The fraction of sp³-hybridized carbons (Fsp3) is 0.385. The van der Waals surface area contributed by atoms with Crippen molar-refractivity contribution in [3.63, 3.8) is 0 Å². The number of carboxylic acid groups (broad SMARTS) is 1. The lowest BCUT2D eigenvalue weighted by molar-refractivity contribution is -0.144. The van der Waals surface area contributed by atoms with Crippen molar-refractivity contribution in [1.82, 2.24) is 4.90 Å². The highest BCUT2D eigenvalue weighted by Gasteiger charge is 2.41. The molecule has 0 bridgehead atoms. The molecule has 1 amide bonds. The maximum atomic E-state index is 11.8. The van der Waals surface area contributed by atoms with Gasteiger partial charge in [0.2, 0.25) is 0 Å². The summed E-state index contributed by atoms with van der Waals surface area (Å²) in [6, 6.07) is 7.89. The number of rotatable bonds is 3. The first-order valence-corrected chi connectivity index (χ1v) is 5.98. The molecular formula is C13H15NO5. The lowest BCUT2D eigenvalue weighted by atomic mass is 10.2. The molecule has 19 heavy (non-hydrogen) atoms. The van der Waals surface area contributed by atoms with Crippen molar-refractivity contribution in [3.8, 4) is 0 Å². The molecule has 2 rings (SSSR count). The van der Waals surface area contributed by atoms with Gasteiger partial charge in [0.05, 0.1) is 6.10 Å². The number of likely N-dealkylation sites (tertiary alicyclic amines) is 1. The topological polar surface area (TPSA) is 87.1 Å². The summed E-state index contributed by atoms with van der Waals surface area (Å²) >= 11 is 0. The van der Waals surface area contributed by atoms with Gasteiger partial charge in [-0.2, -0.15) is 0 Å². The van der Waals surface area contributed by atoms with Crippen molar-refractivity contribution < 1.29 is 24.5 Å². The van der Waals surface area contributed by atoms with E-state index in [0.717, 1.165) is 10.5 Å². The predicted molar refractivity (Wildman–Crippen MR) is 65.4 cm³/mol. The van der Waals surface area contributed by atoms with Gasteiger partial charge >= 0.3 is 12.1 Å². The summed E-state index contributed by atoms with van der Waals surface area (Å²) in [7, 11) is 0. The van der Waals surface area contributed by atoms with E-state index in [4.69, 9.17) is 9.84 Å². The number of carboxylic acids is 1. The predicted octanol–water partition coefficient (Wildman–Crippen LogP) is 0.843. The molecule has 2 N–H and O–H groups in total. The van der Waals surface area contributed by atoms with Crippen molar-refractivity contribution in [2.75, 3.05) is 6.54 Å². The normalized spacial score (nSPS) is 22.3. The second-order valence-corrected chi connectivity index (χ2v) is 4.37. The monoisotopic (exact) mass is 265 g/mol. The summed E-state index contributed by atoms with van der Waals surface area (Å²) < 4.78 is 5.05. The van der Waals surface area contributed by atoms with E-state index < -0.39 is 24.2 Å². The minimum absolute atomic E-state index is 0.0820. The zero-order chi connectivity index (χ0) is 13.8. The van der Waals surface area contributed by atoms with Gasteiger partial charge in [0.1, 0.15) is 6.61 Å². The number of ether oxygens (including phenoxy) is 1. The second kappa shape index (κ2) is 5.71. The highest BCUT2D eigenvalue weighted by Crippen LogP contribution is 2.19. The Hall–Kier alpha value is -2.08. The van der Waals surface area contributed by atoms with E-state index in [2.05, 4.69) is 0 Å². The molecule has 1 aromatic rings. The SMILES string of the molecule is O=C(O)[C@@H]1C(O)CCN1C(=O)OCc1ccccc1. The van der Waals surface area contributed by atoms with Gasteiger partial charge in [0, 0.05) is 6.54 Å². The number of nitrogens with zero attached hydrogens (tertiary/aromatic N) is 1. The van der Waals surface area contributed by atoms with Crippen LogP contribution >= 0.6 is 0 Å². The zero-order valence-corrected chi connectivity index (χ0v) is 10.2. The van der Waals surface area contributed by atoms with Crippen molar-refractivity contribution in [2.45, 2.75) is 25.2 Å². The standard InChI is InChI=1S/C13H15NO5/c15-10-6-7-14(11(10)12(16)17)13(18)19-8-9-4-2-1-3-5-9/h1-5,10-11,15H,6-8H2,(H,16,17)/t10?,11-/m0/s1. The van der Waals surface area contributed by atoms with E-state index in [0.29, 0.717) is 0 Å². The van der Waals surface area contributed by atoms with Gasteiger partial charge in [-0.1, -0.05) is 30.3 Å². The summed E-state index contributed by atoms with van der Waals surface area (Å²) in [4.78, 5) is 23.9. The van der Waals surface area contributed by atoms with Crippen molar-refractivity contribution in [2.24, 2.45) is 0 Å². The number of carbonyl (C=O) groups excluding carboxylic acids is 1. The smallest absolute Gasteiger partial charge is 0.410 e. The summed E-state index contributed by atoms with van der Waals surface area (Å²) in [6.07, 6.45) is -1.51. The van der Waals surface area contributed by atoms with Gasteiger partial charge in [-0.15, -0.1) is 0 Å². The van der Waals surface area contributed by atoms with Crippen LogP contribution in [0.15, 0.2) is 30.3 Å². The lowest BCUT2D eigenvalue weighted by Gasteiger charge is -2.22. The van der Waals surface area contributed by atoms with Crippen LogP contribution in [0.2, 0.25) is 0 Å². The van der Waals surface area contributed by atoms with Crippen LogP contribution in [0.1, 0.15) is 12.0 Å². The minimum atomic E-state index is -1.22. The molecule has 102 valence electrons. The molecule has 0 aromatic heterocycles. The van der Waals surface area contributed by atoms with E-state index in [1.807, 2.05) is 18.2 Å². The van der Waals surface area contributed by atoms with Gasteiger partial charge in [-0.05, 0) is 12.0 Å². The first kappa shape index (κ1) is 13.4. The van der Waals surface area contributed by atoms with Gasteiger partial charge < -0.3 is 14.9 Å². The Balaban J connectivity index is 1.95. The molecular weight excluding hydrogens is 250 g/mol. The average molecular weight is 265 g/mol. The van der Waals surface area contributed by atoms with Gasteiger partial charge in [-0.3, -0.25) is 4.90 Å². The third-order valence-corrected chi connectivity index (χ3v) is 3.06. The number of carbonyl (C=O) groups is 2. The summed E-state index contributed by atoms with van der Waals surface area (Å²) in [5.41, 5.74) is 0.822. The number of hydrogen-bond acceptors (Lipinski definition) is 4. The quantitative estimate of drug-likeness (QED) is 0.845. The Bertz CT molecular complexity index is 461. The molecule has 0 radical (unpaired) electrons. The third kappa shape index (κ3) is 3.03. The second-order valence-electron chi connectivity index (χ2n) is 4.37. The average Bonchev–Trinajstić information content (AvgIpc) is 2.79. The van der Waals surface area contributed by atoms with Crippen LogP contribution < -0.4 is 0 Å². The zero-order valence-electron chi connectivity index (χ0n) is 10.2. The van der Waals surface area contributed by atoms with E-state index in [1.54, 1.807) is 12.1 Å². The lowest BCUT2D eigenvalue weighted by Crippen LogP contribution is -2.45. The van der Waals surface area contributed by atoms with Crippen LogP contribution in [-0.2, 0) is 16.1 Å². The summed E-state index contributed by atoms with van der Waals surface area (Å²) in [5.74, 6) is -1.22. The van der Waals surface area contributed by atoms with E-state index in [-0.39, 0.29) is 19.6 Å². The first-order valence-electron chi connectivity index (χ1n) is 5.98. The first-order chi connectivity index (χ1) is 9.09. The Labute approximate surface area is 110 Å². The number of aliphatic hydroxyl groups excluding tert-OH is 1. The van der Waals surface area contributed by atoms with Crippen LogP contribution in [0, 0.1) is 0 Å². The number of aliphatic hydroxyl groups is 1. The van der Waals surface area contributed by atoms with Crippen molar-refractivity contribution >= 4 is 12.1 Å². The molecule has 1 saturated heterocycles. The van der Waals surface area contributed by atoms with Crippen LogP contribution in [-0.4, -0.2) is 45.9 Å². The van der Waals surface area contributed by atoms with E-state index in [1.165, 1.54) is 0 Å². The number of hydrogen-bond donors (Lipinski definition) is 2. The van der Waals surface area contributed by atoms with Crippen molar-refractivity contribution in [3.05, 3.63) is 35.9 Å². The highest BCUT2D eigenvalue weighted by molar-refractivity contribution is 5.81. The summed E-state index contributed by atoms with van der Waals surface area (Å²) in [5, 5.41) is 18.5. The highest BCUT2D eigenvalue weighted by atomic mass is 16.6. The fourth-order valence-electron chi connectivity index (χ4n) is 2.08. The summed E-state index contributed by atoms with van der Waals surface area (Å²) in [6.45, 7) is 0.268. The number of aliphatic carboxylic acids is 1. The fourth-order valence-corrected chi connectivity index (χ4v) is 2.08. The van der Waals surface area contributed by atoms with E-state index in [9.17, 15) is 14.7 Å². The third-order valence-electron chi connectivity index (χ3n) is 3.06.